The van der Waals surface area contributed by atoms with Crippen LogP contribution in [0.15, 0.2) is 29.3 Å². The van der Waals surface area contributed by atoms with Crippen molar-refractivity contribution in [2.24, 2.45) is 16.8 Å². The van der Waals surface area contributed by atoms with Gasteiger partial charge < -0.3 is 20.6 Å². The van der Waals surface area contributed by atoms with Gasteiger partial charge in [0.2, 0.25) is 5.91 Å². The molecule has 1 aromatic rings. The topological polar surface area (TPSA) is 77.0 Å². The number of carbonyl (C=O) groups is 1. The maximum atomic E-state index is 11.9. The number of aliphatic hydroxyl groups is 1. The maximum Gasteiger partial charge on any atom is 0.222 e. The zero-order valence-electron chi connectivity index (χ0n) is 18.7. The lowest BCUT2D eigenvalue weighted by Gasteiger charge is -2.20. The molecule has 0 aromatic heterocycles. The molecule has 170 valence electrons. The quantitative estimate of drug-likeness (QED) is 0.233. The van der Waals surface area contributed by atoms with Crippen LogP contribution in [0.25, 0.3) is 0 Å². The molecule has 1 aromatic carbocycles. The Kier molecular flexibility index (Phi) is 13.0. The number of hydrogen-bond donors (Lipinski definition) is 3. The fourth-order valence-electron chi connectivity index (χ4n) is 3.82. The lowest BCUT2D eigenvalue weighted by molar-refractivity contribution is -0.128. The highest BCUT2D eigenvalue weighted by Crippen LogP contribution is 2.16. The van der Waals surface area contributed by atoms with Crippen molar-refractivity contribution in [3.63, 3.8) is 0 Å². The molecule has 2 rings (SSSR count). The van der Waals surface area contributed by atoms with Crippen molar-refractivity contribution in [1.29, 1.82) is 0 Å². The van der Waals surface area contributed by atoms with Gasteiger partial charge in [0.25, 0.3) is 0 Å². The first-order valence-electron chi connectivity index (χ1n) is 11.0. The van der Waals surface area contributed by atoms with Gasteiger partial charge in [-0.05, 0) is 49.1 Å². The summed E-state index contributed by atoms with van der Waals surface area (Å²) in [6.45, 7) is 10.5. The molecular formula is C23H39IN4O2. The summed E-state index contributed by atoms with van der Waals surface area (Å²) in [7, 11) is 0. The molecule has 1 saturated heterocycles. The van der Waals surface area contributed by atoms with Crippen LogP contribution in [0.1, 0.15) is 57.6 Å². The van der Waals surface area contributed by atoms with Crippen LogP contribution in [-0.4, -0.2) is 48.1 Å². The van der Waals surface area contributed by atoms with E-state index in [0.717, 1.165) is 56.0 Å². The summed E-state index contributed by atoms with van der Waals surface area (Å²) in [6, 6.07) is 8.34. The van der Waals surface area contributed by atoms with E-state index in [1.54, 1.807) is 0 Å². The van der Waals surface area contributed by atoms with E-state index in [4.69, 9.17) is 4.99 Å². The van der Waals surface area contributed by atoms with Crippen LogP contribution in [0, 0.1) is 11.8 Å². The number of rotatable bonds is 11. The van der Waals surface area contributed by atoms with E-state index in [1.165, 1.54) is 0 Å². The molecule has 3 N–H and O–H groups in total. The van der Waals surface area contributed by atoms with Gasteiger partial charge in [-0.1, -0.05) is 38.1 Å². The monoisotopic (exact) mass is 530 g/mol. The molecule has 1 unspecified atom stereocenters. The predicted octanol–water partition coefficient (Wildman–Crippen LogP) is 3.53. The highest BCUT2D eigenvalue weighted by Gasteiger charge is 2.19. The molecule has 7 heteroatoms. The van der Waals surface area contributed by atoms with Gasteiger partial charge in [0.15, 0.2) is 5.96 Å². The Labute approximate surface area is 198 Å². The van der Waals surface area contributed by atoms with Crippen LogP contribution in [0.5, 0.6) is 0 Å². The number of aliphatic imine (C=N–C) groups is 1. The highest BCUT2D eigenvalue weighted by molar-refractivity contribution is 14.0. The summed E-state index contributed by atoms with van der Waals surface area (Å²) >= 11 is 0. The minimum absolute atomic E-state index is 0. The molecule has 1 heterocycles. The second kappa shape index (κ2) is 14.6. The van der Waals surface area contributed by atoms with Crippen LogP contribution >= 0.6 is 24.0 Å². The lowest BCUT2D eigenvalue weighted by atomic mass is 9.94. The van der Waals surface area contributed by atoms with Crippen molar-refractivity contribution in [2.75, 3.05) is 26.2 Å². The number of nitrogens with zero attached hydrogens (tertiary/aromatic N) is 2. The zero-order chi connectivity index (χ0) is 21.1. The molecule has 1 aliphatic rings. The third-order valence-electron chi connectivity index (χ3n) is 5.20. The zero-order valence-corrected chi connectivity index (χ0v) is 21.0. The third kappa shape index (κ3) is 9.64. The molecule has 0 spiro atoms. The maximum absolute atomic E-state index is 11.9. The summed E-state index contributed by atoms with van der Waals surface area (Å²) in [5.41, 5.74) is 2.30. The largest absolute Gasteiger partial charge is 0.396 e. The number of amides is 1. The molecule has 0 radical (unpaired) electrons. The van der Waals surface area contributed by atoms with Crippen LogP contribution in [0.3, 0.4) is 0 Å². The number of hydrogen-bond acceptors (Lipinski definition) is 3. The third-order valence-corrected chi connectivity index (χ3v) is 5.20. The highest BCUT2D eigenvalue weighted by atomic mass is 127. The van der Waals surface area contributed by atoms with E-state index < -0.39 is 0 Å². The number of carbonyl (C=O) groups excluding carboxylic acids is 1. The Balaban J connectivity index is 0.00000450. The van der Waals surface area contributed by atoms with E-state index in [0.29, 0.717) is 31.3 Å². The van der Waals surface area contributed by atoms with E-state index >= 15 is 0 Å². The first-order chi connectivity index (χ1) is 14.0. The van der Waals surface area contributed by atoms with Crippen LogP contribution < -0.4 is 10.6 Å². The van der Waals surface area contributed by atoms with Gasteiger partial charge in [0.05, 0.1) is 6.54 Å². The number of nitrogens with one attached hydrogen (secondary N) is 2. The second-order valence-electron chi connectivity index (χ2n) is 8.32. The molecule has 1 aliphatic heterocycles. The Morgan fingerprint density at radius 1 is 1.27 bits per heavy atom. The van der Waals surface area contributed by atoms with Crippen LogP contribution in [0.2, 0.25) is 0 Å². The predicted molar refractivity (Wildman–Crippen MR) is 134 cm³/mol. The summed E-state index contributed by atoms with van der Waals surface area (Å²) in [4.78, 5) is 18.5. The van der Waals surface area contributed by atoms with Crippen molar-refractivity contribution in [3.8, 4) is 0 Å². The number of halogens is 1. The van der Waals surface area contributed by atoms with Crippen molar-refractivity contribution >= 4 is 35.8 Å². The van der Waals surface area contributed by atoms with E-state index in [2.05, 4.69) is 49.6 Å². The molecule has 30 heavy (non-hydrogen) atoms. The minimum Gasteiger partial charge on any atom is -0.396 e. The summed E-state index contributed by atoms with van der Waals surface area (Å²) in [6.07, 6.45) is 3.54. The number of aliphatic hydroxyl groups excluding tert-OH is 1. The van der Waals surface area contributed by atoms with Gasteiger partial charge in [0.1, 0.15) is 0 Å². The summed E-state index contributed by atoms with van der Waals surface area (Å²) in [5, 5.41) is 16.1. The molecule has 1 amide bonds. The van der Waals surface area contributed by atoms with E-state index in [1.807, 2.05) is 11.0 Å². The first-order valence-corrected chi connectivity index (χ1v) is 11.0. The summed E-state index contributed by atoms with van der Waals surface area (Å²) in [5.74, 6) is 2.11. The van der Waals surface area contributed by atoms with Gasteiger partial charge in [-0.15, -0.1) is 24.0 Å². The molecule has 1 atom stereocenters. The van der Waals surface area contributed by atoms with E-state index in [-0.39, 0.29) is 36.5 Å². The first kappa shape index (κ1) is 26.7. The fourth-order valence-corrected chi connectivity index (χ4v) is 3.82. The van der Waals surface area contributed by atoms with Gasteiger partial charge in [-0.3, -0.25) is 4.79 Å². The minimum atomic E-state index is 0. The molecule has 6 nitrogen and oxygen atoms in total. The van der Waals surface area contributed by atoms with Gasteiger partial charge in [-0.25, -0.2) is 4.99 Å². The normalized spacial score (nSPS) is 15.3. The van der Waals surface area contributed by atoms with Gasteiger partial charge >= 0.3 is 0 Å². The molecule has 0 saturated carbocycles. The van der Waals surface area contributed by atoms with E-state index in [9.17, 15) is 9.90 Å². The Morgan fingerprint density at radius 3 is 2.67 bits per heavy atom. The van der Waals surface area contributed by atoms with Crippen molar-refractivity contribution in [1.82, 2.24) is 15.5 Å². The van der Waals surface area contributed by atoms with Crippen molar-refractivity contribution in [3.05, 3.63) is 35.4 Å². The van der Waals surface area contributed by atoms with Crippen LogP contribution in [-0.2, 0) is 17.9 Å². The fraction of sp³-hybridized carbons (Fsp3) is 0.652. The van der Waals surface area contributed by atoms with Gasteiger partial charge in [0, 0.05) is 39.2 Å². The molecular weight excluding hydrogens is 491 g/mol. The number of benzene rings is 1. The second-order valence-corrected chi connectivity index (χ2v) is 8.32. The average molecular weight is 530 g/mol. The molecule has 0 bridgehead atoms. The Morgan fingerprint density at radius 2 is 2.03 bits per heavy atom. The van der Waals surface area contributed by atoms with Gasteiger partial charge in [-0.2, -0.15) is 0 Å². The van der Waals surface area contributed by atoms with Crippen molar-refractivity contribution < 1.29 is 9.90 Å². The Hall–Kier alpha value is -1.35. The number of likely N-dealkylation sites (tertiary alicyclic amines) is 1. The molecule has 0 aliphatic carbocycles. The SMILES string of the molecule is CCNC(=NCc1cccc(CN2CCCC2=O)c1)NCC(CCO)CC(C)C.I. The van der Waals surface area contributed by atoms with Crippen molar-refractivity contribution in [2.45, 2.75) is 59.5 Å². The average Bonchev–Trinajstić information content (AvgIpc) is 3.08. The number of guanidine groups is 1. The lowest BCUT2D eigenvalue weighted by Crippen LogP contribution is -2.40. The van der Waals surface area contributed by atoms with Crippen LogP contribution in [0.4, 0.5) is 0 Å². The standard InChI is InChI=1S/C23H38N4O2.HI/c1-4-24-23(26-16-20(10-12-28)13-18(2)3)25-15-19-7-5-8-21(14-19)17-27-11-6-9-22(27)29;/h5,7-8,14,18,20,28H,4,6,9-13,15-17H2,1-3H3,(H2,24,25,26);1H. The smallest absolute Gasteiger partial charge is 0.222 e. The molecule has 1 fully saturated rings. The Bertz CT molecular complexity index is 666. The summed E-state index contributed by atoms with van der Waals surface area (Å²) < 4.78 is 0.